The number of nitro groups is 1. The van der Waals surface area contributed by atoms with Gasteiger partial charge in [-0.05, 0) is 59.3 Å². The molecule has 1 aromatic rings. The van der Waals surface area contributed by atoms with Crippen molar-refractivity contribution in [3.05, 3.63) is 38.3 Å². The highest BCUT2D eigenvalue weighted by Gasteiger charge is 2.20. The lowest BCUT2D eigenvalue weighted by molar-refractivity contribution is -0.385. The summed E-state index contributed by atoms with van der Waals surface area (Å²) in [6.45, 7) is 3.17. The van der Waals surface area contributed by atoms with E-state index in [0.29, 0.717) is 11.0 Å². The van der Waals surface area contributed by atoms with Gasteiger partial charge in [0.05, 0.1) is 9.40 Å². The molecule has 0 saturated heterocycles. The van der Waals surface area contributed by atoms with Crippen LogP contribution in [-0.2, 0) is 11.3 Å². The Labute approximate surface area is 127 Å². The summed E-state index contributed by atoms with van der Waals surface area (Å²) in [5.41, 5.74) is 1.02. The fraction of sp³-hybridized carbons (Fsp3) is 0.571. The van der Waals surface area contributed by atoms with Crippen molar-refractivity contribution >= 4 is 21.6 Å². The first kappa shape index (κ1) is 15.4. The molecule has 0 spiro atoms. The molecule has 0 radical (unpaired) electrons. The van der Waals surface area contributed by atoms with Crippen LogP contribution in [0.4, 0.5) is 5.69 Å². The van der Waals surface area contributed by atoms with Crippen LogP contribution in [0, 0.1) is 16.0 Å². The van der Waals surface area contributed by atoms with Crippen molar-refractivity contribution in [1.82, 2.24) is 5.32 Å². The highest BCUT2D eigenvalue weighted by atomic mass is 79.9. The normalized spacial score (nSPS) is 14.4. The third kappa shape index (κ3) is 5.19. The van der Waals surface area contributed by atoms with Crippen LogP contribution in [0.5, 0.6) is 0 Å². The minimum atomic E-state index is -0.376. The molecule has 1 saturated carbocycles. The minimum Gasteiger partial charge on any atom is -0.381 e. The van der Waals surface area contributed by atoms with Crippen molar-refractivity contribution < 1.29 is 9.66 Å². The topological polar surface area (TPSA) is 64.4 Å². The third-order valence-electron chi connectivity index (χ3n) is 3.23. The molecule has 0 amide bonds. The van der Waals surface area contributed by atoms with Crippen LogP contribution < -0.4 is 5.32 Å². The first-order valence-electron chi connectivity index (χ1n) is 6.88. The highest BCUT2D eigenvalue weighted by Crippen LogP contribution is 2.28. The molecule has 20 heavy (non-hydrogen) atoms. The third-order valence-corrected chi connectivity index (χ3v) is 3.90. The van der Waals surface area contributed by atoms with Gasteiger partial charge in [0.1, 0.15) is 0 Å². The number of ether oxygens (including phenoxy) is 1. The van der Waals surface area contributed by atoms with Gasteiger partial charge in [-0.1, -0.05) is 6.07 Å². The summed E-state index contributed by atoms with van der Waals surface area (Å²) in [7, 11) is 0. The Morgan fingerprint density at radius 3 is 2.95 bits per heavy atom. The molecule has 0 heterocycles. The average Bonchev–Trinajstić information content (AvgIpc) is 3.23. The van der Waals surface area contributed by atoms with Crippen LogP contribution in [0.25, 0.3) is 0 Å². The van der Waals surface area contributed by atoms with E-state index in [0.717, 1.165) is 37.7 Å². The van der Waals surface area contributed by atoms with Crippen LogP contribution >= 0.6 is 15.9 Å². The molecule has 1 aromatic carbocycles. The van der Waals surface area contributed by atoms with Crippen LogP contribution in [0.2, 0.25) is 0 Å². The van der Waals surface area contributed by atoms with E-state index < -0.39 is 0 Å². The second kappa shape index (κ2) is 7.71. The number of hydrogen-bond acceptors (Lipinski definition) is 4. The highest BCUT2D eigenvalue weighted by molar-refractivity contribution is 9.10. The molecular formula is C14H19BrN2O3. The number of halogens is 1. The summed E-state index contributed by atoms with van der Waals surface area (Å²) in [6, 6.07) is 5.20. The van der Waals surface area contributed by atoms with E-state index in [-0.39, 0.29) is 10.6 Å². The van der Waals surface area contributed by atoms with Crippen molar-refractivity contribution in [3.8, 4) is 0 Å². The molecule has 1 N–H and O–H groups in total. The molecule has 5 nitrogen and oxygen atoms in total. The van der Waals surface area contributed by atoms with E-state index >= 15 is 0 Å². The molecule has 1 fully saturated rings. The zero-order chi connectivity index (χ0) is 14.4. The van der Waals surface area contributed by atoms with Crippen LogP contribution in [-0.4, -0.2) is 24.7 Å². The molecule has 0 aliphatic heterocycles. The zero-order valence-corrected chi connectivity index (χ0v) is 12.9. The molecule has 6 heteroatoms. The van der Waals surface area contributed by atoms with E-state index in [1.54, 1.807) is 12.1 Å². The average molecular weight is 343 g/mol. The minimum absolute atomic E-state index is 0.108. The zero-order valence-electron chi connectivity index (χ0n) is 11.3. The Morgan fingerprint density at radius 2 is 2.25 bits per heavy atom. The van der Waals surface area contributed by atoms with Gasteiger partial charge in [-0.3, -0.25) is 10.1 Å². The van der Waals surface area contributed by atoms with Crippen LogP contribution in [0.15, 0.2) is 22.7 Å². The first-order valence-corrected chi connectivity index (χ1v) is 7.67. The molecule has 0 atom stereocenters. The van der Waals surface area contributed by atoms with Crippen molar-refractivity contribution in [2.24, 2.45) is 5.92 Å². The van der Waals surface area contributed by atoms with Gasteiger partial charge in [0.15, 0.2) is 0 Å². The largest absolute Gasteiger partial charge is 0.381 e. The summed E-state index contributed by atoms with van der Waals surface area (Å²) in [6.07, 6.45) is 3.60. The standard InChI is InChI=1S/C14H19BrN2O3/c15-13-5-4-12(8-14(13)17(18)19)9-16-6-1-7-20-10-11-2-3-11/h4-5,8,11,16H,1-3,6-7,9-10H2. The Morgan fingerprint density at radius 1 is 1.45 bits per heavy atom. The smallest absolute Gasteiger partial charge is 0.283 e. The molecule has 1 aliphatic carbocycles. The SMILES string of the molecule is O=[N+]([O-])c1cc(CNCCCOCC2CC2)ccc1Br. The Hall–Kier alpha value is -0.980. The maximum atomic E-state index is 10.8. The number of nitrogens with zero attached hydrogens (tertiary/aromatic N) is 1. The van der Waals surface area contributed by atoms with Gasteiger partial charge in [-0.15, -0.1) is 0 Å². The van der Waals surface area contributed by atoms with E-state index in [2.05, 4.69) is 21.2 Å². The van der Waals surface area contributed by atoms with Gasteiger partial charge in [0.2, 0.25) is 0 Å². The number of hydrogen-bond donors (Lipinski definition) is 1. The number of nitrogens with one attached hydrogen (secondary N) is 1. The second-order valence-electron chi connectivity index (χ2n) is 5.09. The van der Waals surface area contributed by atoms with Crippen molar-refractivity contribution in [1.29, 1.82) is 0 Å². The van der Waals surface area contributed by atoms with Crippen LogP contribution in [0.1, 0.15) is 24.8 Å². The molecule has 0 unspecified atom stereocenters. The number of nitro benzene ring substituents is 1. The molecule has 0 bridgehead atoms. The van der Waals surface area contributed by atoms with Crippen molar-refractivity contribution in [2.45, 2.75) is 25.8 Å². The van der Waals surface area contributed by atoms with Gasteiger partial charge >= 0.3 is 0 Å². The molecule has 110 valence electrons. The fourth-order valence-corrected chi connectivity index (χ4v) is 2.27. The van der Waals surface area contributed by atoms with E-state index in [1.165, 1.54) is 12.8 Å². The maximum Gasteiger partial charge on any atom is 0.283 e. The number of rotatable bonds is 9. The second-order valence-corrected chi connectivity index (χ2v) is 5.95. The van der Waals surface area contributed by atoms with Crippen molar-refractivity contribution in [3.63, 3.8) is 0 Å². The summed E-state index contributed by atoms with van der Waals surface area (Å²) in [5.74, 6) is 0.811. The van der Waals surface area contributed by atoms with E-state index in [9.17, 15) is 10.1 Å². The first-order chi connectivity index (χ1) is 9.66. The maximum absolute atomic E-state index is 10.8. The molecule has 2 rings (SSSR count). The predicted octanol–water partition coefficient (Wildman–Crippen LogP) is 3.26. The summed E-state index contributed by atoms with van der Waals surface area (Å²) in [5, 5.41) is 14.1. The summed E-state index contributed by atoms with van der Waals surface area (Å²) < 4.78 is 6.05. The van der Waals surface area contributed by atoms with Gasteiger partial charge in [-0.2, -0.15) is 0 Å². The molecular weight excluding hydrogens is 324 g/mol. The summed E-state index contributed by atoms with van der Waals surface area (Å²) in [4.78, 5) is 10.4. The lowest BCUT2D eigenvalue weighted by atomic mass is 10.2. The van der Waals surface area contributed by atoms with E-state index in [1.807, 2.05) is 6.07 Å². The molecule has 0 aromatic heterocycles. The Balaban J connectivity index is 1.63. The lowest BCUT2D eigenvalue weighted by Gasteiger charge is -2.06. The Kier molecular flexibility index (Phi) is 5.94. The predicted molar refractivity (Wildman–Crippen MR) is 80.7 cm³/mol. The summed E-state index contributed by atoms with van der Waals surface area (Å²) >= 11 is 3.18. The Bertz CT molecular complexity index is 464. The van der Waals surface area contributed by atoms with Gasteiger partial charge in [0.25, 0.3) is 5.69 Å². The monoisotopic (exact) mass is 342 g/mol. The van der Waals surface area contributed by atoms with Crippen LogP contribution in [0.3, 0.4) is 0 Å². The van der Waals surface area contributed by atoms with E-state index in [4.69, 9.17) is 4.74 Å². The van der Waals surface area contributed by atoms with Gasteiger partial charge in [0, 0.05) is 25.8 Å². The lowest BCUT2D eigenvalue weighted by Crippen LogP contribution is -2.16. The van der Waals surface area contributed by atoms with Gasteiger partial charge in [-0.25, -0.2) is 0 Å². The van der Waals surface area contributed by atoms with Crippen molar-refractivity contribution in [2.75, 3.05) is 19.8 Å². The fourth-order valence-electron chi connectivity index (χ4n) is 1.87. The molecule has 1 aliphatic rings. The van der Waals surface area contributed by atoms with Gasteiger partial charge < -0.3 is 10.1 Å². The number of benzene rings is 1. The quantitative estimate of drug-likeness (QED) is 0.425.